The molecule has 0 radical (unpaired) electrons. The van der Waals surface area contributed by atoms with Crippen LogP contribution in [-0.2, 0) is 6.42 Å². The van der Waals surface area contributed by atoms with Crippen molar-refractivity contribution >= 4 is 23.3 Å². The van der Waals surface area contributed by atoms with Crippen LogP contribution in [0.2, 0.25) is 0 Å². The van der Waals surface area contributed by atoms with Gasteiger partial charge in [0.1, 0.15) is 5.82 Å². The van der Waals surface area contributed by atoms with E-state index in [-0.39, 0.29) is 0 Å². The summed E-state index contributed by atoms with van der Waals surface area (Å²) in [5.41, 5.74) is 1.33. The first-order valence-corrected chi connectivity index (χ1v) is 8.66. The smallest absolute Gasteiger partial charge is 0.174 e. The predicted molar refractivity (Wildman–Crippen MR) is 86.6 cm³/mol. The number of aromatic nitrogens is 2. The highest BCUT2D eigenvalue weighted by atomic mass is 32.2. The number of aryl methyl sites for hydroxylation is 1. The number of hydrogen-bond acceptors (Lipinski definition) is 5. The molecule has 20 heavy (non-hydrogen) atoms. The summed E-state index contributed by atoms with van der Waals surface area (Å²) in [6.07, 6.45) is 2.04. The van der Waals surface area contributed by atoms with Crippen molar-refractivity contribution in [1.29, 1.82) is 0 Å². The standard InChI is InChI=1S/C15H21N3S2/c1-4-10-16-11(3)12-8-6-7-9-13(12)19-15-17-14(5-2)18-20-15/h6-9,11,16H,4-5,10H2,1-3H3. The molecule has 0 amide bonds. The summed E-state index contributed by atoms with van der Waals surface area (Å²) in [4.78, 5) is 5.80. The third kappa shape index (κ3) is 4.04. The van der Waals surface area contributed by atoms with Crippen LogP contribution in [0.15, 0.2) is 33.5 Å². The van der Waals surface area contributed by atoms with Crippen LogP contribution in [0.1, 0.15) is 44.6 Å². The molecule has 1 aromatic carbocycles. The molecule has 1 heterocycles. The van der Waals surface area contributed by atoms with E-state index in [1.54, 1.807) is 11.8 Å². The van der Waals surface area contributed by atoms with E-state index in [0.29, 0.717) is 6.04 Å². The Morgan fingerprint density at radius 2 is 2.10 bits per heavy atom. The van der Waals surface area contributed by atoms with E-state index in [1.165, 1.54) is 22.0 Å². The Morgan fingerprint density at radius 1 is 1.30 bits per heavy atom. The fraction of sp³-hybridized carbons (Fsp3) is 0.467. The van der Waals surface area contributed by atoms with Crippen molar-refractivity contribution in [3.63, 3.8) is 0 Å². The lowest BCUT2D eigenvalue weighted by Crippen LogP contribution is -2.19. The van der Waals surface area contributed by atoms with Gasteiger partial charge in [0, 0.05) is 17.4 Å². The number of nitrogens with zero attached hydrogens (tertiary/aromatic N) is 2. The van der Waals surface area contributed by atoms with Crippen LogP contribution in [0.5, 0.6) is 0 Å². The molecule has 2 rings (SSSR count). The highest BCUT2D eigenvalue weighted by Gasteiger charge is 2.12. The second kappa shape index (κ2) is 7.76. The van der Waals surface area contributed by atoms with Crippen molar-refractivity contribution in [3.8, 4) is 0 Å². The van der Waals surface area contributed by atoms with Crippen molar-refractivity contribution in [3.05, 3.63) is 35.7 Å². The third-order valence-corrected chi connectivity index (χ3v) is 4.93. The van der Waals surface area contributed by atoms with Crippen LogP contribution >= 0.6 is 23.3 Å². The molecular weight excluding hydrogens is 286 g/mol. The summed E-state index contributed by atoms with van der Waals surface area (Å²) in [7, 11) is 0. The molecule has 1 N–H and O–H groups in total. The van der Waals surface area contributed by atoms with Gasteiger partial charge in [-0.3, -0.25) is 0 Å². The average Bonchev–Trinajstić information content (AvgIpc) is 2.93. The Labute approximate surface area is 129 Å². The quantitative estimate of drug-likeness (QED) is 0.827. The van der Waals surface area contributed by atoms with E-state index in [1.807, 2.05) is 0 Å². The van der Waals surface area contributed by atoms with Crippen molar-refractivity contribution in [2.24, 2.45) is 0 Å². The molecule has 0 fully saturated rings. The van der Waals surface area contributed by atoms with Gasteiger partial charge in [0.2, 0.25) is 0 Å². The lowest BCUT2D eigenvalue weighted by atomic mass is 10.1. The number of rotatable bonds is 7. The molecule has 1 atom stereocenters. The van der Waals surface area contributed by atoms with Crippen LogP contribution in [0.25, 0.3) is 0 Å². The molecule has 0 aliphatic heterocycles. The summed E-state index contributed by atoms with van der Waals surface area (Å²) in [5, 5.41) is 3.55. The van der Waals surface area contributed by atoms with Crippen LogP contribution in [0.4, 0.5) is 0 Å². The Bertz CT molecular complexity index is 539. The average molecular weight is 307 g/mol. The van der Waals surface area contributed by atoms with E-state index in [0.717, 1.165) is 29.6 Å². The summed E-state index contributed by atoms with van der Waals surface area (Å²) >= 11 is 3.21. The highest BCUT2D eigenvalue weighted by molar-refractivity contribution is 8.01. The first kappa shape index (κ1) is 15.5. The minimum atomic E-state index is 0.359. The Kier molecular flexibility index (Phi) is 6.01. The molecule has 1 unspecified atom stereocenters. The van der Waals surface area contributed by atoms with Crippen LogP contribution in [-0.4, -0.2) is 15.9 Å². The zero-order valence-corrected chi connectivity index (χ0v) is 13.9. The van der Waals surface area contributed by atoms with Gasteiger partial charge >= 0.3 is 0 Å². The molecular formula is C15H21N3S2. The number of hydrogen-bond donors (Lipinski definition) is 1. The van der Waals surface area contributed by atoms with Crippen LogP contribution in [0.3, 0.4) is 0 Å². The molecule has 0 bridgehead atoms. The largest absolute Gasteiger partial charge is 0.310 e. The molecule has 108 valence electrons. The van der Waals surface area contributed by atoms with Gasteiger partial charge in [-0.25, -0.2) is 4.98 Å². The maximum atomic E-state index is 4.54. The minimum absolute atomic E-state index is 0.359. The van der Waals surface area contributed by atoms with Gasteiger partial charge in [-0.05, 0) is 43.1 Å². The van der Waals surface area contributed by atoms with Gasteiger partial charge in [0.05, 0.1) is 0 Å². The fourth-order valence-electron chi connectivity index (χ4n) is 1.92. The van der Waals surface area contributed by atoms with Gasteiger partial charge in [-0.2, -0.15) is 4.37 Å². The van der Waals surface area contributed by atoms with Crippen LogP contribution < -0.4 is 5.32 Å². The van der Waals surface area contributed by atoms with E-state index in [4.69, 9.17) is 0 Å². The third-order valence-electron chi connectivity index (χ3n) is 3.05. The first-order valence-electron chi connectivity index (χ1n) is 7.07. The van der Waals surface area contributed by atoms with Crippen molar-refractivity contribution in [1.82, 2.24) is 14.7 Å². The fourth-order valence-corrected chi connectivity index (χ4v) is 3.80. The maximum absolute atomic E-state index is 4.54. The number of nitrogens with one attached hydrogen (secondary N) is 1. The molecule has 0 saturated heterocycles. The minimum Gasteiger partial charge on any atom is -0.310 e. The molecule has 1 aromatic heterocycles. The lowest BCUT2D eigenvalue weighted by Gasteiger charge is -2.16. The van der Waals surface area contributed by atoms with Gasteiger partial charge in [0.25, 0.3) is 0 Å². The van der Waals surface area contributed by atoms with Crippen molar-refractivity contribution in [2.75, 3.05) is 6.54 Å². The Hall–Kier alpha value is -0.910. The highest BCUT2D eigenvalue weighted by Crippen LogP contribution is 2.34. The SMILES string of the molecule is CCCNC(C)c1ccccc1Sc1nc(CC)ns1. The first-order chi connectivity index (χ1) is 9.74. The van der Waals surface area contributed by atoms with E-state index >= 15 is 0 Å². The normalized spacial score (nSPS) is 12.6. The van der Waals surface area contributed by atoms with Gasteiger partial charge in [-0.15, -0.1) is 0 Å². The Balaban J connectivity index is 2.14. The predicted octanol–water partition coefficient (Wildman–Crippen LogP) is 4.31. The maximum Gasteiger partial charge on any atom is 0.174 e. The molecule has 3 nitrogen and oxygen atoms in total. The summed E-state index contributed by atoms with van der Waals surface area (Å²) < 4.78 is 5.37. The van der Waals surface area contributed by atoms with E-state index in [9.17, 15) is 0 Å². The lowest BCUT2D eigenvalue weighted by molar-refractivity contribution is 0.564. The molecule has 5 heteroatoms. The van der Waals surface area contributed by atoms with E-state index < -0.39 is 0 Å². The molecule has 0 aliphatic rings. The zero-order valence-electron chi connectivity index (χ0n) is 12.2. The topological polar surface area (TPSA) is 37.8 Å². The second-order valence-electron chi connectivity index (χ2n) is 4.65. The zero-order chi connectivity index (χ0) is 14.4. The van der Waals surface area contributed by atoms with Gasteiger partial charge < -0.3 is 5.32 Å². The van der Waals surface area contributed by atoms with Gasteiger partial charge in [0.15, 0.2) is 4.34 Å². The summed E-state index contributed by atoms with van der Waals surface area (Å²) in [5.74, 6) is 0.937. The molecule has 2 aromatic rings. The van der Waals surface area contributed by atoms with Crippen LogP contribution in [0, 0.1) is 0 Å². The monoisotopic (exact) mass is 307 g/mol. The second-order valence-corrected chi connectivity index (χ2v) is 6.69. The number of benzene rings is 1. The van der Waals surface area contributed by atoms with Gasteiger partial charge in [-0.1, -0.05) is 43.8 Å². The Morgan fingerprint density at radius 3 is 2.80 bits per heavy atom. The van der Waals surface area contributed by atoms with Crippen molar-refractivity contribution in [2.45, 2.75) is 48.9 Å². The van der Waals surface area contributed by atoms with Crippen molar-refractivity contribution < 1.29 is 0 Å². The van der Waals surface area contributed by atoms with E-state index in [2.05, 4.69) is 59.7 Å². The molecule has 0 aliphatic carbocycles. The summed E-state index contributed by atoms with van der Waals surface area (Å²) in [6, 6.07) is 8.90. The summed E-state index contributed by atoms with van der Waals surface area (Å²) in [6.45, 7) is 7.53. The molecule has 0 spiro atoms. The molecule has 0 saturated carbocycles.